The monoisotopic (exact) mass is 1260 g/mol. The fraction of sp³-hybridized carbons (Fsp3) is 0.696. The molecule has 0 heterocycles. The fourth-order valence-corrected chi connectivity index (χ4v) is 10.6. The molecule has 0 bridgehead atoms. The molecule has 0 fully saturated rings. The molecular weight excluding hydrogens is 1120 g/mol. The van der Waals surface area contributed by atoms with Crippen LogP contribution in [0.3, 0.4) is 0 Å². The van der Waals surface area contributed by atoms with Crippen LogP contribution in [-0.2, 0) is 32.7 Å². The zero-order chi connectivity index (χ0) is 64.8. The summed E-state index contributed by atoms with van der Waals surface area (Å²) in [4.78, 5) is 35.9. The van der Waals surface area contributed by atoms with Crippen LogP contribution in [0, 0.1) is 0 Å². The van der Waals surface area contributed by atoms with Crippen molar-refractivity contribution >= 4 is 19.8 Å². The molecule has 510 valence electrons. The average molecular weight is 1260 g/mol. The van der Waals surface area contributed by atoms with Crippen LogP contribution in [-0.4, -0.2) is 74.9 Å². The summed E-state index contributed by atoms with van der Waals surface area (Å²) in [5.74, 6) is -0.816. The highest BCUT2D eigenvalue weighted by molar-refractivity contribution is 7.47. The highest BCUT2D eigenvalue weighted by atomic mass is 31.2. The van der Waals surface area contributed by atoms with Crippen molar-refractivity contribution in [3.05, 3.63) is 134 Å². The lowest BCUT2D eigenvalue weighted by molar-refractivity contribution is -0.870. The Labute approximate surface area is 549 Å². The van der Waals surface area contributed by atoms with Gasteiger partial charge >= 0.3 is 19.8 Å². The van der Waals surface area contributed by atoms with Crippen molar-refractivity contribution in [2.75, 3.05) is 47.5 Å². The number of ether oxygens (including phenoxy) is 2. The lowest BCUT2D eigenvalue weighted by Gasteiger charge is -2.24. The first kappa shape index (κ1) is 85.2. The molecule has 0 aliphatic carbocycles. The molecule has 0 amide bonds. The SMILES string of the molecule is CC/C=C\C/C=C\C/C=C\C/C=C\C/C=C\C/C=C\C/C=C\C/C=C\C/C=C\C/C=C\C/C=C\CCCCCCCC(=O)OC(COC(=O)CCCCCCCCCCCCCCCCCCCCCCCCCCCC)COP(=O)(O)OCC[N+](C)(C)C. The molecule has 89 heavy (non-hydrogen) atoms. The minimum atomic E-state index is -4.41. The number of hydrogen-bond acceptors (Lipinski definition) is 7. The Morgan fingerprint density at radius 2 is 0.640 bits per heavy atom. The molecule has 10 heteroatoms. The van der Waals surface area contributed by atoms with Crippen molar-refractivity contribution in [1.29, 1.82) is 0 Å². The molecule has 0 aliphatic rings. The van der Waals surface area contributed by atoms with E-state index < -0.39 is 26.5 Å². The molecule has 0 rings (SSSR count). The summed E-state index contributed by atoms with van der Waals surface area (Å²) in [7, 11) is 1.46. The molecular formula is C79H137NO8P+. The van der Waals surface area contributed by atoms with Crippen molar-refractivity contribution in [2.45, 2.75) is 309 Å². The number of hydrogen-bond donors (Lipinski definition) is 1. The minimum Gasteiger partial charge on any atom is -0.462 e. The maximum Gasteiger partial charge on any atom is 0.472 e. The number of nitrogens with zero attached hydrogens (tertiary/aromatic N) is 1. The molecule has 2 unspecified atom stereocenters. The summed E-state index contributed by atoms with van der Waals surface area (Å²) < 4.78 is 34.7. The number of phosphoric ester groups is 1. The van der Waals surface area contributed by atoms with Gasteiger partial charge in [0, 0.05) is 12.8 Å². The molecule has 0 radical (unpaired) electrons. The second-order valence-electron chi connectivity index (χ2n) is 25.3. The van der Waals surface area contributed by atoms with Gasteiger partial charge in [0.05, 0.1) is 27.7 Å². The zero-order valence-electron chi connectivity index (χ0n) is 58.1. The first-order chi connectivity index (χ1) is 43.5. The molecule has 0 aromatic rings. The number of esters is 2. The van der Waals surface area contributed by atoms with E-state index in [2.05, 4.69) is 148 Å². The van der Waals surface area contributed by atoms with Crippen LogP contribution >= 0.6 is 7.82 Å². The van der Waals surface area contributed by atoms with E-state index in [4.69, 9.17) is 18.5 Å². The Hall–Kier alpha value is -3.85. The molecule has 1 N–H and O–H groups in total. The standard InChI is InChI=1S/C79H136NO8P/c1-6-8-10-12-14-16-18-20-22-24-26-28-30-32-34-35-36-37-38-39-40-41-42-43-44-45-46-48-50-52-54-56-58-60-62-64-66-68-70-72-79(82)88-77(76-87-89(83,84)86-74-73-80(3,4)5)75-85-78(81)71-69-67-65-63-61-59-57-55-53-51-49-47-33-31-29-27-25-23-21-19-17-15-13-11-9-7-2/h8,10,14,16,20,22,26,28,32,34,36-37,39-40,42-43,45-46,50,52,56,58,77H,6-7,9,11-13,15,17-19,21,23-25,27,29-31,33,35,38,41,44,47-49,51,53-55,57,59-76H2,1-5H3/p+1/b10-8-,16-14-,22-20-,28-26-,34-32-,37-36-,40-39-,43-42-,46-45-,52-50-,58-56-. The highest BCUT2D eigenvalue weighted by Crippen LogP contribution is 2.43. The number of phosphoric acid groups is 1. The summed E-state index contributed by atoms with van der Waals surface area (Å²) in [5, 5.41) is 0. The second-order valence-corrected chi connectivity index (χ2v) is 26.7. The number of quaternary nitrogens is 1. The summed E-state index contributed by atoms with van der Waals surface area (Å²) >= 11 is 0. The van der Waals surface area contributed by atoms with Gasteiger partial charge in [-0.3, -0.25) is 18.6 Å². The Balaban J connectivity index is 4.13. The van der Waals surface area contributed by atoms with Gasteiger partial charge in [-0.25, -0.2) is 4.57 Å². The van der Waals surface area contributed by atoms with Crippen LogP contribution < -0.4 is 0 Å². The molecule has 0 aromatic heterocycles. The van der Waals surface area contributed by atoms with E-state index >= 15 is 0 Å². The third-order valence-electron chi connectivity index (χ3n) is 15.4. The first-order valence-corrected chi connectivity index (χ1v) is 37.9. The Kier molecular flexibility index (Phi) is 65.6. The normalized spacial score (nSPS) is 13.9. The largest absolute Gasteiger partial charge is 0.472 e. The quantitative estimate of drug-likeness (QED) is 0.0211. The lowest BCUT2D eigenvalue weighted by atomic mass is 10.0. The van der Waals surface area contributed by atoms with Crippen molar-refractivity contribution in [1.82, 2.24) is 0 Å². The zero-order valence-corrected chi connectivity index (χ0v) is 59.0. The van der Waals surface area contributed by atoms with Gasteiger partial charge in [0.25, 0.3) is 0 Å². The van der Waals surface area contributed by atoms with Gasteiger partial charge in [-0.2, -0.15) is 0 Å². The molecule has 0 spiro atoms. The fourth-order valence-electron chi connectivity index (χ4n) is 9.91. The van der Waals surface area contributed by atoms with E-state index in [0.29, 0.717) is 17.4 Å². The lowest BCUT2D eigenvalue weighted by Crippen LogP contribution is -2.37. The first-order valence-electron chi connectivity index (χ1n) is 36.4. The molecule has 0 aromatic carbocycles. The summed E-state index contributed by atoms with van der Waals surface area (Å²) in [6.45, 7) is 4.32. The van der Waals surface area contributed by atoms with Gasteiger partial charge in [0.1, 0.15) is 19.8 Å². The van der Waals surface area contributed by atoms with Gasteiger partial charge in [-0.1, -0.05) is 327 Å². The van der Waals surface area contributed by atoms with Crippen LogP contribution in [0.5, 0.6) is 0 Å². The third kappa shape index (κ3) is 73.1. The van der Waals surface area contributed by atoms with E-state index in [1.807, 2.05) is 21.1 Å². The second kappa shape index (κ2) is 68.5. The average Bonchev–Trinajstić information content (AvgIpc) is 3.60. The third-order valence-corrected chi connectivity index (χ3v) is 16.4. The van der Waals surface area contributed by atoms with Crippen LogP contribution in [0.15, 0.2) is 134 Å². The van der Waals surface area contributed by atoms with E-state index in [0.717, 1.165) is 122 Å². The molecule has 2 atom stereocenters. The van der Waals surface area contributed by atoms with Crippen LogP contribution in [0.1, 0.15) is 303 Å². The van der Waals surface area contributed by atoms with E-state index in [1.165, 1.54) is 148 Å². The molecule has 0 aliphatic heterocycles. The van der Waals surface area contributed by atoms with Crippen LogP contribution in [0.4, 0.5) is 0 Å². The van der Waals surface area contributed by atoms with Crippen molar-refractivity contribution in [3.63, 3.8) is 0 Å². The van der Waals surface area contributed by atoms with Crippen molar-refractivity contribution in [3.8, 4) is 0 Å². The maximum atomic E-state index is 12.9. The summed E-state index contributed by atoms with van der Waals surface area (Å²) in [6.07, 6.45) is 99.9. The number of carbonyl (C=O) groups excluding carboxylic acids is 2. The number of allylic oxidation sites excluding steroid dienone is 22. The Morgan fingerprint density at radius 3 is 0.955 bits per heavy atom. The predicted octanol–water partition coefficient (Wildman–Crippen LogP) is 24.0. The van der Waals surface area contributed by atoms with Gasteiger partial charge in [0.2, 0.25) is 0 Å². The van der Waals surface area contributed by atoms with E-state index in [1.54, 1.807) is 0 Å². The highest BCUT2D eigenvalue weighted by Gasteiger charge is 2.27. The molecule has 0 saturated carbocycles. The van der Waals surface area contributed by atoms with Gasteiger partial charge in [-0.05, 0) is 96.3 Å². The molecule has 9 nitrogen and oxygen atoms in total. The van der Waals surface area contributed by atoms with Gasteiger partial charge in [-0.15, -0.1) is 0 Å². The number of rotatable bonds is 66. The van der Waals surface area contributed by atoms with Crippen LogP contribution in [0.25, 0.3) is 0 Å². The maximum absolute atomic E-state index is 12.9. The smallest absolute Gasteiger partial charge is 0.462 e. The summed E-state index contributed by atoms with van der Waals surface area (Å²) in [5.41, 5.74) is 0. The van der Waals surface area contributed by atoms with Gasteiger partial charge in [0.15, 0.2) is 6.10 Å². The van der Waals surface area contributed by atoms with Crippen molar-refractivity contribution < 1.29 is 42.1 Å². The number of carbonyl (C=O) groups is 2. The van der Waals surface area contributed by atoms with Crippen LogP contribution in [0.2, 0.25) is 0 Å². The Morgan fingerprint density at radius 1 is 0.360 bits per heavy atom. The van der Waals surface area contributed by atoms with E-state index in [9.17, 15) is 19.0 Å². The number of likely N-dealkylation sites (N-methyl/N-ethyl adjacent to an activating group) is 1. The van der Waals surface area contributed by atoms with Crippen molar-refractivity contribution in [2.24, 2.45) is 0 Å². The van der Waals surface area contributed by atoms with E-state index in [-0.39, 0.29) is 32.0 Å². The minimum absolute atomic E-state index is 0.0226. The predicted molar refractivity (Wildman–Crippen MR) is 385 cm³/mol. The Bertz CT molecular complexity index is 1970. The topological polar surface area (TPSA) is 108 Å². The molecule has 0 saturated heterocycles. The number of unbranched alkanes of at least 4 members (excludes halogenated alkanes) is 30. The van der Waals surface area contributed by atoms with Gasteiger partial charge < -0.3 is 18.9 Å². The summed E-state index contributed by atoms with van der Waals surface area (Å²) in [6, 6.07) is 0.